The van der Waals surface area contributed by atoms with E-state index in [2.05, 4.69) is 17.3 Å². The van der Waals surface area contributed by atoms with Gasteiger partial charge in [-0.15, -0.1) is 0 Å². The van der Waals surface area contributed by atoms with Gasteiger partial charge in [0, 0.05) is 12.6 Å². The molecule has 2 fully saturated rings. The summed E-state index contributed by atoms with van der Waals surface area (Å²) in [5.74, 6) is 0.547. The molecule has 0 aromatic carbocycles. The van der Waals surface area contributed by atoms with Crippen LogP contribution in [0.2, 0.25) is 0 Å². The first-order valence-corrected chi connectivity index (χ1v) is 5.27. The first kappa shape index (κ1) is 9.00. The van der Waals surface area contributed by atoms with Crippen LogP contribution in [-0.4, -0.2) is 37.0 Å². The number of nitrogens with one attached hydrogen (secondary N) is 1. The number of hydrogen-bond acceptors (Lipinski definition) is 2. The number of hydrogen-bond donors (Lipinski definition) is 1. The van der Waals surface area contributed by atoms with Gasteiger partial charge >= 0.3 is 0 Å². The van der Waals surface area contributed by atoms with Crippen molar-refractivity contribution in [2.75, 3.05) is 20.1 Å². The predicted molar refractivity (Wildman–Crippen MR) is 51.4 cm³/mol. The molecule has 0 aromatic heterocycles. The number of amides is 1. The molecule has 0 aliphatic carbocycles. The van der Waals surface area contributed by atoms with Crippen LogP contribution >= 0.6 is 0 Å². The molecular weight excluding hydrogens is 164 g/mol. The molecule has 2 saturated heterocycles. The molecule has 0 radical (unpaired) electrons. The summed E-state index contributed by atoms with van der Waals surface area (Å²) in [5.41, 5.74) is 0. The lowest BCUT2D eigenvalue weighted by molar-refractivity contribution is -0.128. The van der Waals surface area contributed by atoms with Gasteiger partial charge < -0.3 is 10.2 Å². The zero-order valence-electron chi connectivity index (χ0n) is 8.25. The average Bonchev–Trinajstić information content (AvgIpc) is 2.52. The molecule has 0 bridgehead atoms. The summed E-state index contributed by atoms with van der Waals surface area (Å²) < 4.78 is 0. The molecule has 0 spiro atoms. The maximum absolute atomic E-state index is 11.6. The predicted octanol–water partition coefficient (Wildman–Crippen LogP) is 0.607. The van der Waals surface area contributed by atoms with E-state index in [1.807, 2.05) is 0 Å². The minimum atomic E-state index is 0.265. The molecule has 2 heterocycles. The van der Waals surface area contributed by atoms with Crippen molar-refractivity contribution in [1.82, 2.24) is 10.2 Å². The van der Waals surface area contributed by atoms with Crippen LogP contribution < -0.4 is 5.32 Å². The smallest absolute Gasteiger partial charge is 0.224 e. The Morgan fingerprint density at radius 2 is 2.23 bits per heavy atom. The van der Waals surface area contributed by atoms with Crippen LogP contribution in [0.1, 0.15) is 25.7 Å². The summed E-state index contributed by atoms with van der Waals surface area (Å²) in [4.78, 5) is 13.9. The Morgan fingerprint density at radius 3 is 2.85 bits per heavy atom. The fourth-order valence-corrected chi connectivity index (χ4v) is 2.61. The molecule has 1 amide bonds. The van der Waals surface area contributed by atoms with Crippen LogP contribution in [-0.2, 0) is 4.79 Å². The van der Waals surface area contributed by atoms with Gasteiger partial charge in [-0.25, -0.2) is 0 Å². The van der Waals surface area contributed by atoms with E-state index in [0.717, 1.165) is 25.9 Å². The standard InChI is InChI=1S/C10H18N2O/c1-12-7-3-5-9(12)8-4-2-6-11-10(8)13/h8-9H,2-7H2,1H3,(H,11,13). The topological polar surface area (TPSA) is 32.3 Å². The van der Waals surface area contributed by atoms with Crippen molar-refractivity contribution >= 4 is 5.91 Å². The van der Waals surface area contributed by atoms with Crippen LogP contribution in [0.15, 0.2) is 0 Å². The third kappa shape index (κ3) is 1.70. The molecule has 3 nitrogen and oxygen atoms in total. The summed E-state index contributed by atoms with van der Waals surface area (Å²) >= 11 is 0. The first-order valence-electron chi connectivity index (χ1n) is 5.27. The lowest BCUT2D eigenvalue weighted by atomic mass is 9.89. The summed E-state index contributed by atoms with van der Waals surface area (Å²) in [6.07, 6.45) is 4.70. The molecule has 0 aromatic rings. The zero-order valence-corrected chi connectivity index (χ0v) is 8.25. The van der Waals surface area contributed by atoms with Crippen LogP contribution in [0.4, 0.5) is 0 Å². The number of likely N-dealkylation sites (tertiary alicyclic amines) is 1. The minimum Gasteiger partial charge on any atom is -0.356 e. The average molecular weight is 182 g/mol. The van der Waals surface area contributed by atoms with Crippen LogP contribution in [0.5, 0.6) is 0 Å². The van der Waals surface area contributed by atoms with Crippen LogP contribution in [0, 0.1) is 5.92 Å². The summed E-state index contributed by atoms with van der Waals surface area (Å²) in [7, 11) is 2.14. The number of rotatable bonds is 1. The van der Waals surface area contributed by atoms with E-state index in [9.17, 15) is 4.79 Å². The molecule has 2 aliphatic rings. The van der Waals surface area contributed by atoms with Crippen molar-refractivity contribution in [3.05, 3.63) is 0 Å². The normalized spacial score (nSPS) is 36.2. The highest BCUT2D eigenvalue weighted by atomic mass is 16.2. The van der Waals surface area contributed by atoms with E-state index >= 15 is 0 Å². The van der Waals surface area contributed by atoms with Crippen molar-refractivity contribution in [2.24, 2.45) is 5.92 Å². The number of carbonyl (C=O) groups is 1. The fraction of sp³-hybridized carbons (Fsp3) is 0.900. The van der Waals surface area contributed by atoms with Gasteiger partial charge in [-0.05, 0) is 39.3 Å². The summed E-state index contributed by atoms with van der Waals surface area (Å²) in [6, 6.07) is 0.514. The Bertz CT molecular complexity index is 205. The third-order valence-corrected chi connectivity index (χ3v) is 3.37. The molecule has 0 saturated carbocycles. The van der Waals surface area contributed by atoms with Gasteiger partial charge in [0.15, 0.2) is 0 Å². The zero-order chi connectivity index (χ0) is 9.26. The Morgan fingerprint density at radius 1 is 1.38 bits per heavy atom. The summed E-state index contributed by atoms with van der Waals surface area (Å²) in [6.45, 7) is 2.04. The van der Waals surface area contributed by atoms with Gasteiger partial charge in [-0.2, -0.15) is 0 Å². The highest BCUT2D eigenvalue weighted by molar-refractivity contribution is 5.80. The number of nitrogens with zero attached hydrogens (tertiary/aromatic N) is 1. The molecule has 3 heteroatoms. The Labute approximate surface area is 79.5 Å². The van der Waals surface area contributed by atoms with E-state index in [0.29, 0.717) is 6.04 Å². The molecule has 2 atom stereocenters. The molecule has 2 unspecified atom stereocenters. The van der Waals surface area contributed by atoms with Gasteiger partial charge in [0.25, 0.3) is 0 Å². The molecule has 2 aliphatic heterocycles. The third-order valence-electron chi connectivity index (χ3n) is 3.37. The van der Waals surface area contributed by atoms with E-state index in [1.165, 1.54) is 12.8 Å². The van der Waals surface area contributed by atoms with Gasteiger partial charge in [0.1, 0.15) is 0 Å². The second kappa shape index (κ2) is 3.66. The summed E-state index contributed by atoms with van der Waals surface area (Å²) in [5, 5.41) is 2.96. The van der Waals surface area contributed by atoms with E-state index in [-0.39, 0.29) is 11.8 Å². The Kier molecular flexibility index (Phi) is 2.54. The second-order valence-electron chi connectivity index (χ2n) is 4.23. The van der Waals surface area contributed by atoms with Crippen molar-refractivity contribution in [1.29, 1.82) is 0 Å². The lowest BCUT2D eigenvalue weighted by Crippen LogP contribution is -2.45. The van der Waals surface area contributed by atoms with Crippen molar-refractivity contribution < 1.29 is 4.79 Å². The van der Waals surface area contributed by atoms with Gasteiger partial charge in [0.05, 0.1) is 5.92 Å². The highest BCUT2D eigenvalue weighted by Gasteiger charge is 2.34. The number of carbonyl (C=O) groups excluding carboxylic acids is 1. The maximum atomic E-state index is 11.6. The SMILES string of the molecule is CN1CCCC1C1CCCNC1=O. The van der Waals surface area contributed by atoms with Crippen molar-refractivity contribution in [3.8, 4) is 0 Å². The quantitative estimate of drug-likeness (QED) is 0.644. The monoisotopic (exact) mass is 182 g/mol. The second-order valence-corrected chi connectivity index (χ2v) is 4.23. The van der Waals surface area contributed by atoms with Gasteiger partial charge in [-0.1, -0.05) is 0 Å². The molecule has 74 valence electrons. The van der Waals surface area contributed by atoms with Crippen molar-refractivity contribution in [2.45, 2.75) is 31.7 Å². The van der Waals surface area contributed by atoms with E-state index in [4.69, 9.17) is 0 Å². The number of piperidine rings is 1. The Hall–Kier alpha value is -0.570. The fourth-order valence-electron chi connectivity index (χ4n) is 2.61. The van der Waals surface area contributed by atoms with Crippen LogP contribution in [0.3, 0.4) is 0 Å². The van der Waals surface area contributed by atoms with Gasteiger partial charge in [-0.3, -0.25) is 4.79 Å². The molecule has 2 rings (SSSR count). The molecular formula is C10H18N2O. The van der Waals surface area contributed by atoms with Crippen LogP contribution in [0.25, 0.3) is 0 Å². The molecule has 13 heavy (non-hydrogen) atoms. The first-order chi connectivity index (χ1) is 6.29. The Balaban J connectivity index is 2.01. The highest BCUT2D eigenvalue weighted by Crippen LogP contribution is 2.27. The largest absolute Gasteiger partial charge is 0.356 e. The van der Waals surface area contributed by atoms with E-state index in [1.54, 1.807) is 0 Å². The lowest BCUT2D eigenvalue weighted by Gasteiger charge is -2.31. The maximum Gasteiger partial charge on any atom is 0.224 e. The van der Waals surface area contributed by atoms with E-state index < -0.39 is 0 Å². The molecule has 1 N–H and O–H groups in total. The minimum absolute atomic E-state index is 0.265. The van der Waals surface area contributed by atoms with Crippen molar-refractivity contribution in [3.63, 3.8) is 0 Å². The van der Waals surface area contributed by atoms with Gasteiger partial charge in [0.2, 0.25) is 5.91 Å².